The minimum absolute atomic E-state index is 0.244. The largest absolute Gasteiger partial charge is 0.495 e. The van der Waals surface area contributed by atoms with Crippen LogP contribution in [0.4, 0.5) is 5.69 Å². The first kappa shape index (κ1) is 13.4. The van der Waals surface area contributed by atoms with Gasteiger partial charge in [-0.1, -0.05) is 13.8 Å². The minimum Gasteiger partial charge on any atom is -0.495 e. The molecular weight excluding hydrogens is 218 g/mol. The molecule has 4 nitrogen and oxygen atoms in total. The molecule has 17 heavy (non-hydrogen) atoms. The lowest BCUT2D eigenvalue weighted by Gasteiger charge is -2.10. The Hall–Kier alpha value is -1.71. The molecule has 0 spiro atoms. The van der Waals surface area contributed by atoms with Crippen LogP contribution >= 0.6 is 0 Å². The molecule has 1 saturated carbocycles. The highest BCUT2D eigenvalue weighted by Gasteiger charge is 2.22. The molecule has 0 atom stereocenters. The van der Waals surface area contributed by atoms with Crippen molar-refractivity contribution in [1.29, 1.82) is 0 Å². The van der Waals surface area contributed by atoms with Crippen LogP contribution in [0.1, 0.15) is 37.0 Å². The van der Waals surface area contributed by atoms with Gasteiger partial charge in [-0.2, -0.15) is 0 Å². The van der Waals surface area contributed by atoms with Crippen LogP contribution < -0.4 is 10.1 Å². The topological polar surface area (TPSA) is 58.6 Å². The maximum Gasteiger partial charge on any atom is 0.335 e. The summed E-state index contributed by atoms with van der Waals surface area (Å²) >= 11 is 0. The molecule has 1 fully saturated rings. The van der Waals surface area contributed by atoms with Crippen molar-refractivity contribution in [3.05, 3.63) is 23.8 Å². The van der Waals surface area contributed by atoms with E-state index in [1.54, 1.807) is 19.2 Å². The van der Waals surface area contributed by atoms with Gasteiger partial charge < -0.3 is 15.2 Å². The SMILES string of the molecule is CC.COc1cc(C(=O)O)ccc1NC1CC1. The number of carboxylic acids is 1. The second-order valence-corrected chi connectivity index (χ2v) is 3.64. The van der Waals surface area contributed by atoms with Gasteiger partial charge in [0.15, 0.2) is 0 Å². The fourth-order valence-corrected chi connectivity index (χ4v) is 1.39. The lowest BCUT2D eigenvalue weighted by Crippen LogP contribution is -2.04. The number of anilines is 1. The van der Waals surface area contributed by atoms with E-state index in [2.05, 4.69) is 5.32 Å². The van der Waals surface area contributed by atoms with Gasteiger partial charge in [0.2, 0.25) is 0 Å². The van der Waals surface area contributed by atoms with E-state index in [-0.39, 0.29) is 5.56 Å². The Morgan fingerprint density at radius 1 is 1.41 bits per heavy atom. The summed E-state index contributed by atoms with van der Waals surface area (Å²) in [5.74, 6) is -0.354. The van der Waals surface area contributed by atoms with Crippen molar-refractivity contribution in [3.63, 3.8) is 0 Å². The fourth-order valence-electron chi connectivity index (χ4n) is 1.39. The van der Waals surface area contributed by atoms with Gasteiger partial charge >= 0.3 is 5.97 Å². The maximum atomic E-state index is 10.7. The number of aromatic carboxylic acids is 1. The summed E-state index contributed by atoms with van der Waals surface area (Å²) in [5, 5.41) is 12.1. The lowest BCUT2D eigenvalue weighted by atomic mass is 10.2. The highest BCUT2D eigenvalue weighted by molar-refractivity contribution is 5.89. The first-order valence-corrected chi connectivity index (χ1v) is 5.88. The monoisotopic (exact) mass is 237 g/mol. The van der Waals surface area contributed by atoms with Crippen molar-refractivity contribution in [2.75, 3.05) is 12.4 Å². The van der Waals surface area contributed by atoms with Crippen molar-refractivity contribution < 1.29 is 14.6 Å². The zero-order valence-electron chi connectivity index (χ0n) is 10.5. The Kier molecular flexibility index (Phi) is 4.82. The normalized spacial score (nSPS) is 13.4. The molecular formula is C13H19NO3. The van der Waals surface area contributed by atoms with Crippen molar-refractivity contribution in [3.8, 4) is 5.75 Å². The number of carboxylic acid groups (broad SMARTS) is 1. The number of hydrogen-bond acceptors (Lipinski definition) is 3. The summed E-state index contributed by atoms with van der Waals surface area (Å²) in [6, 6.07) is 5.39. The van der Waals surface area contributed by atoms with Crippen molar-refractivity contribution in [2.45, 2.75) is 32.7 Å². The number of hydrogen-bond donors (Lipinski definition) is 2. The molecule has 0 radical (unpaired) electrons. The lowest BCUT2D eigenvalue weighted by molar-refractivity contribution is 0.0696. The molecule has 0 saturated heterocycles. The van der Waals surface area contributed by atoms with Gasteiger partial charge in [0.05, 0.1) is 18.4 Å². The van der Waals surface area contributed by atoms with Crippen LogP contribution in [-0.2, 0) is 0 Å². The van der Waals surface area contributed by atoms with E-state index < -0.39 is 5.97 Å². The van der Waals surface area contributed by atoms with Gasteiger partial charge in [0, 0.05) is 6.04 Å². The van der Waals surface area contributed by atoms with Crippen molar-refractivity contribution in [1.82, 2.24) is 0 Å². The van der Waals surface area contributed by atoms with E-state index in [1.807, 2.05) is 13.8 Å². The fraction of sp³-hybridized carbons (Fsp3) is 0.462. The Bertz CT molecular complexity index is 386. The van der Waals surface area contributed by atoms with Crippen molar-refractivity contribution in [2.24, 2.45) is 0 Å². The Morgan fingerprint density at radius 2 is 2.06 bits per heavy atom. The number of rotatable bonds is 4. The number of ether oxygens (including phenoxy) is 1. The molecule has 0 aromatic heterocycles. The van der Waals surface area contributed by atoms with Gasteiger partial charge in [0.25, 0.3) is 0 Å². The number of nitrogens with one attached hydrogen (secondary N) is 1. The third-order valence-corrected chi connectivity index (χ3v) is 2.39. The average molecular weight is 237 g/mol. The quantitative estimate of drug-likeness (QED) is 0.845. The minimum atomic E-state index is -0.939. The van der Waals surface area contributed by atoms with Gasteiger partial charge in [-0.3, -0.25) is 0 Å². The third kappa shape index (κ3) is 3.66. The summed E-state index contributed by atoms with van der Waals surface area (Å²) in [5.41, 5.74) is 1.11. The average Bonchev–Trinajstić information content (AvgIpc) is 3.16. The first-order chi connectivity index (χ1) is 8.20. The molecule has 0 amide bonds. The molecule has 94 valence electrons. The molecule has 2 N–H and O–H groups in total. The standard InChI is InChI=1S/C11H13NO3.C2H6/c1-15-10-6-7(11(13)14)2-5-9(10)12-8-3-4-8;1-2/h2,5-6,8,12H,3-4H2,1H3,(H,13,14);1-2H3. The molecule has 1 aliphatic rings. The van der Waals surface area contributed by atoms with E-state index in [4.69, 9.17) is 9.84 Å². The van der Waals surface area contributed by atoms with Gasteiger partial charge in [-0.25, -0.2) is 4.79 Å². The maximum absolute atomic E-state index is 10.7. The Labute approximate surface area is 102 Å². The third-order valence-electron chi connectivity index (χ3n) is 2.39. The van der Waals surface area contributed by atoms with Crippen LogP contribution in [0.15, 0.2) is 18.2 Å². The van der Waals surface area contributed by atoms with Crippen LogP contribution in [0.2, 0.25) is 0 Å². The highest BCUT2D eigenvalue weighted by Crippen LogP contribution is 2.31. The number of carbonyl (C=O) groups is 1. The van der Waals surface area contributed by atoms with E-state index in [1.165, 1.54) is 18.9 Å². The van der Waals surface area contributed by atoms with Crippen LogP contribution in [0, 0.1) is 0 Å². The molecule has 0 bridgehead atoms. The summed E-state index contributed by atoms with van der Waals surface area (Å²) in [7, 11) is 1.54. The molecule has 0 unspecified atom stereocenters. The zero-order valence-corrected chi connectivity index (χ0v) is 10.5. The second kappa shape index (κ2) is 6.13. The molecule has 4 heteroatoms. The highest BCUT2D eigenvalue weighted by atomic mass is 16.5. The van der Waals surface area contributed by atoms with Gasteiger partial charge in [-0.15, -0.1) is 0 Å². The van der Waals surface area contributed by atoms with Gasteiger partial charge in [-0.05, 0) is 31.0 Å². The van der Waals surface area contributed by atoms with Crippen LogP contribution in [-0.4, -0.2) is 24.2 Å². The molecule has 1 aromatic carbocycles. The number of benzene rings is 1. The van der Waals surface area contributed by atoms with E-state index in [9.17, 15) is 4.79 Å². The predicted molar refractivity (Wildman–Crippen MR) is 67.9 cm³/mol. The Morgan fingerprint density at radius 3 is 2.53 bits per heavy atom. The summed E-state index contributed by atoms with van der Waals surface area (Å²) < 4.78 is 5.14. The van der Waals surface area contributed by atoms with Crippen LogP contribution in [0.25, 0.3) is 0 Å². The predicted octanol–water partition coefficient (Wildman–Crippen LogP) is 2.99. The summed E-state index contributed by atoms with van der Waals surface area (Å²) in [4.78, 5) is 10.7. The molecule has 1 aliphatic carbocycles. The summed E-state index contributed by atoms with van der Waals surface area (Å²) in [6.07, 6.45) is 2.34. The van der Waals surface area contributed by atoms with Gasteiger partial charge in [0.1, 0.15) is 5.75 Å². The molecule has 2 rings (SSSR count). The summed E-state index contributed by atoms with van der Waals surface area (Å²) in [6.45, 7) is 4.00. The molecule has 0 heterocycles. The van der Waals surface area contributed by atoms with Crippen molar-refractivity contribution >= 4 is 11.7 Å². The first-order valence-electron chi connectivity index (χ1n) is 5.88. The van der Waals surface area contributed by atoms with E-state index >= 15 is 0 Å². The second-order valence-electron chi connectivity index (χ2n) is 3.64. The van der Waals surface area contributed by atoms with E-state index in [0.29, 0.717) is 11.8 Å². The molecule has 1 aromatic rings. The Balaban J connectivity index is 0.000000686. The van der Waals surface area contributed by atoms with E-state index in [0.717, 1.165) is 5.69 Å². The van der Waals surface area contributed by atoms with Crippen LogP contribution in [0.5, 0.6) is 5.75 Å². The number of methoxy groups -OCH3 is 1. The molecule has 0 aliphatic heterocycles. The smallest absolute Gasteiger partial charge is 0.335 e. The van der Waals surface area contributed by atoms with Crippen LogP contribution in [0.3, 0.4) is 0 Å². The zero-order chi connectivity index (χ0) is 12.8.